The van der Waals surface area contributed by atoms with Gasteiger partial charge in [-0.25, -0.2) is 0 Å². The van der Waals surface area contributed by atoms with Gasteiger partial charge in [0.15, 0.2) is 0 Å². The number of ether oxygens (including phenoxy) is 1. The van der Waals surface area contributed by atoms with Gasteiger partial charge in [-0.1, -0.05) is 25.1 Å². The Morgan fingerprint density at radius 3 is 2.74 bits per heavy atom. The van der Waals surface area contributed by atoms with Crippen LogP contribution in [0.15, 0.2) is 24.3 Å². The molecular weight excluding hydrogens is 260 g/mol. The van der Waals surface area contributed by atoms with Gasteiger partial charge in [0.05, 0.1) is 6.61 Å². The van der Waals surface area contributed by atoms with Crippen molar-refractivity contribution in [2.45, 2.75) is 26.8 Å². The summed E-state index contributed by atoms with van der Waals surface area (Å²) < 4.78 is 5.67. The van der Waals surface area contributed by atoms with Gasteiger partial charge in [0.1, 0.15) is 5.75 Å². The van der Waals surface area contributed by atoms with E-state index in [1.165, 1.54) is 12.0 Å². The van der Waals surface area contributed by atoms with Crippen LogP contribution in [0.5, 0.6) is 5.75 Å². The van der Waals surface area contributed by atoms with Crippen molar-refractivity contribution in [3.63, 3.8) is 0 Å². The van der Waals surface area contributed by atoms with Crippen LogP contribution in [0.25, 0.3) is 0 Å². The van der Waals surface area contributed by atoms with Crippen LogP contribution < -0.4 is 10.5 Å². The van der Waals surface area contributed by atoms with Gasteiger partial charge >= 0.3 is 0 Å². The Bertz CT molecular complexity index is 399. The van der Waals surface area contributed by atoms with Crippen molar-refractivity contribution < 1.29 is 4.74 Å². The van der Waals surface area contributed by atoms with Crippen LogP contribution in [-0.4, -0.2) is 31.1 Å². The van der Waals surface area contributed by atoms with Crippen LogP contribution >= 0.6 is 12.4 Å². The Morgan fingerprint density at radius 1 is 1.37 bits per heavy atom. The molecule has 0 bridgehead atoms. The molecule has 3 nitrogen and oxygen atoms in total. The molecule has 1 heterocycles. The fourth-order valence-corrected chi connectivity index (χ4v) is 2.60. The average molecular weight is 285 g/mol. The quantitative estimate of drug-likeness (QED) is 0.903. The highest BCUT2D eigenvalue weighted by Gasteiger charge is 2.32. The lowest BCUT2D eigenvalue weighted by molar-refractivity contribution is 0.267. The second-order valence-corrected chi connectivity index (χ2v) is 5.52. The van der Waals surface area contributed by atoms with Crippen LogP contribution in [0.1, 0.15) is 25.8 Å². The summed E-state index contributed by atoms with van der Waals surface area (Å²) in [6.07, 6.45) is 1.19. The molecule has 2 rings (SSSR count). The second kappa shape index (κ2) is 7.13. The van der Waals surface area contributed by atoms with E-state index in [1.807, 2.05) is 13.0 Å². The maximum atomic E-state index is 5.85. The zero-order valence-corrected chi connectivity index (χ0v) is 12.7. The van der Waals surface area contributed by atoms with Crippen LogP contribution in [0.3, 0.4) is 0 Å². The van der Waals surface area contributed by atoms with E-state index in [-0.39, 0.29) is 12.4 Å². The number of nitrogens with two attached hydrogens (primary N) is 1. The molecule has 2 N–H and O–H groups in total. The third kappa shape index (κ3) is 4.10. The van der Waals surface area contributed by atoms with E-state index in [0.29, 0.717) is 5.41 Å². The number of rotatable bonds is 5. The predicted octanol–water partition coefficient (Wildman–Crippen LogP) is 2.68. The van der Waals surface area contributed by atoms with E-state index >= 15 is 0 Å². The van der Waals surface area contributed by atoms with Gasteiger partial charge in [-0.15, -0.1) is 12.4 Å². The van der Waals surface area contributed by atoms with Crippen molar-refractivity contribution in [2.24, 2.45) is 11.1 Å². The van der Waals surface area contributed by atoms with E-state index in [9.17, 15) is 0 Å². The summed E-state index contributed by atoms with van der Waals surface area (Å²) in [7, 11) is 0. The number of nitrogens with zero attached hydrogens (tertiary/aromatic N) is 1. The second-order valence-electron chi connectivity index (χ2n) is 5.52. The van der Waals surface area contributed by atoms with Gasteiger partial charge in [-0.05, 0) is 37.9 Å². The molecule has 0 amide bonds. The number of hydrogen-bond acceptors (Lipinski definition) is 3. The molecule has 1 aromatic carbocycles. The van der Waals surface area contributed by atoms with Crippen LogP contribution in [0.4, 0.5) is 0 Å². The monoisotopic (exact) mass is 284 g/mol. The molecule has 0 spiro atoms. The normalized spacial score (nSPS) is 23.1. The molecule has 108 valence electrons. The lowest BCUT2D eigenvalue weighted by Gasteiger charge is -2.23. The van der Waals surface area contributed by atoms with E-state index in [0.717, 1.165) is 38.5 Å². The van der Waals surface area contributed by atoms with Gasteiger partial charge in [0.2, 0.25) is 0 Å². The molecule has 0 aromatic heterocycles. The molecule has 0 radical (unpaired) electrons. The Morgan fingerprint density at radius 2 is 2.11 bits per heavy atom. The van der Waals surface area contributed by atoms with E-state index < -0.39 is 0 Å². The largest absolute Gasteiger partial charge is 0.494 e. The fraction of sp³-hybridized carbons (Fsp3) is 0.600. The highest BCUT2D eigenvalue weighted by atomic mass is 35.5. The van der Waals surface area contributed by atoms with Crippen molar-refractivity contribution >= 4 is 12.4 Å². The SMILES string of the molecule is CCOc1ccccc1CN1CCC(C)(CN)C1.Cl. The molecule has 1 saturated heterocycles. The molecule has 4 heteroatoms. The molecule has 1 fully saturated rings. The Balaban J connectivity index is 0.00000180. The van der Waals surface area contributed by atoms with Crippen LogP contribution in [0.2, 0.25) is 0 Å². The van der Waals surface area contributed by atoms with E-state index in [1.54, 1.807) is 0 Å². The van der Waals surface area contributed by atoms with Gasteiger partial charge in [-0.3, -0.25) is 4.90 Å². The number of halogens is 1. The van der Waals surface area contributed by atoms with Gasteiger partial charge < -0.3 is 10.5 Å². The first kappa shape index (κ1) is 16.3. The predicted molar refractivity (Wildman–Crippen MR) is 81.9 cm³/mol. The molecule has 1 aliphatic heterocycles. The topological polar surface area (TPSA) is 38.5 Å². The van der Waals surface area contributed by atoms with E-state index in [4.69, 9.17) is 10.5 Å². The molecule has 1 aromatic rings. The van der Waals surface area contributed by atoms with Crippen molar-refractivity contribution in [1.82, 2.24) is 4.90 Å². The first-order valence-electron chi connectivity index (χ1n) is 6.80. The summed E-state index contributed by atoms with van der Waals surface area (Å²) in [5.41, 5.74) is 7.42. The van der Waals surface area contributed by atoms with E-state index in [2.05, 4.69) is 30.0 Å². The number of para-hydroxylation sites is 1. The molecule has 19 heavy (non-hydrogen) atoms. The fourth-order valence-electron chi connectivity index (χ4n) is 2.60. The zero-order valence-electron chi connectivity index (χ0n) is 11.9. The highest BCUT2D eigenvalue weighted by molar-refractivity contribution is 5.85. The summed E-state index contributed by atoms with van der Waals surface area (Å²) in [6, 6.07) is 8.32. The minimum Gasteiger partial charge on any atom is -0.494 e. The Kier molecular flexibility index (Phi) is 6.11. The number of benzene rings is 1. The maximum absolute atomic E-state index is 5.85. The van der Waals surface area contributed by atoms with Crippen molar-refractivity contribution in [3.05, 3.63) is 29.8 Å². The average Bonchev–Trinajstić information content (AvgIpc) is 2.75. The van der Waals surface area contributed by atoms with Gasteiger partial charge in [0.25, 0.3) is 0 Å². The van der Waals surface area contributed by atoms with Gasteiger partial charge in [-0.2, -0.15) is 0 Å². The lowest BCUT2D eigenvalue weighted by Crippen LogP contribution is -2.31. The number of likely N-dealkylation sites (tertiary alicyclic amines) is 1. The molecule has 1 aliphatic rings. The van der Waals surface area contributed by atoms with Crippen LogP contribution in [0, 0.1) is 5.41 Å². The zero-order chi connectivity index (χ0) is 13.0. The molecular formula is C15H25ClN2O. The Hall–Kier alpha value is -0.770. The first-order valence-corrected chi connectivity index (χ1v) is 6.80. The maximum Gasteiger partial charge on any atom is 0.123 e. The minimum absolute atomic E-state index is 0. The molecule has 1 atom stereocenters. The summed E-state index contributed by atoms with van der Waals surface area (Å²) >= 11 is 0. The summed E-state index contributed by atoms with van der Waals surface area (Å²) in [5, 5.41) is 0. The highest BCUT2D eigenvalue weighted by Crippen LogP contribution is 2.30. The number of hydrogen-bond donors (Lipinski definition) is 1. The summed E-state index contributed by atoms with van der Waals surface area (Å²) in [5.74, 6) is 1.02. The standard InChI is InChI=1S/C15H24N2O.ClH/c1-3-18-14-7-5-4-6-13(14)10-17-9-8-15(2,11-16)12-17;/h4-7H,3,8-12,16H2,1-2H3;1H. The lowest BCUT2D eigenvalue weighted by atomic mass is 9.90. The third-order valence-corrected chi connectivity index (χ3v) is 3.80. The Labute approximate surface area is 122 Å². The first-order chi connectivity index (χ1) is 8.67. The third-order valence-electron chi connectivity index (χ3n) is 3.80. The molecule has 0 saturated carbocycles. The van der Waals surface area contributed by atoms with Crippen molar-refractivity contribution in [1.29, 1.82) is 0 Å². The van der Waals surface area contributed by atoms with Crippen molar-refractivity contribution in [2.75, 3.05) is 26.2 Å². The van der Waals surface area contributed by atoms with Crippen LogP contribution in [-0.2, 0) is 6.54 Å². The minimum atomic E-state index is 0. The van der Waals surface area contributed by atoms with Gasteiger partial charge in [0, 0.05) is 18.7 Å². The molecule has 1 unspecified atom stereocenters. The molecule has 0 aliphatic carbocycles. The smallest absolute Gasteiger partial charge is 0.123 e. The summed E-state index contributed by atoms with van der Waals surface area (Å²) in [6.45, 7) is 8.98. The summed E-state index contributed by atoms with van der Waals surface area (Å²) in [4.78, 5) is 2.48. The van der Waals surface area contributed by atoms with Crippen molar-refractivity contribution in [3.8, 4) is 5.75 Å².